The number of hydrogen-bond acceptors (Lipinski definition) is 3. The van der Waals surface area contributed by atoms with Crippen LogP contribution in [-0.4, -0.2) is 48.6 Å². The van der Waals surface area contributed by atoms with Gasteiger partial charge in [0.1, 0.15) is 5.92 Å². The standard InChI is InChI=1S/C11H20N2O3/c1-8(11(15)16)10(14)12-7-9-3-5-13(2)6-4-9/h8-9H,3-7H2,1-2H3,(H,12,14)(H,15,16). The predicted octanol–water partition coefficient (Wildman–Crippen LogP) is 0.165. The molecule has 1 unspecified atom stereocenters. The smallest absolute Gasteiger partial charge is 0.315 e. The number of aliphatic carboxylic acids is 1. The molecule has 0 spiro atoms. The SMILES string of the molecule is CC(C(=O)O)C(=O)NCC1CCN(C)CC1. The maximum absolute atomic E-state index is 11.4. The van der Waals surface area contributed by atoms with Gasteiger partial charge in [-0.1, -0.05) is 0 Å². The Hall–Kier alpha value is -1.10. The molecule has 92 valence electrons. The summed E-state index contributed by atoms with van der Waals surface area (Å²) in [6, 6.07) is 0. The van der Waals surface area contributed by atoms with Gasteiger partial charge in [-0.3, -0.25) is 9.59 Å². The van der Waals surface area contributed by atoms with Gasteiger partial charge in [0.05, 0.1) is 0 Å². The lowest BCUT2D eigenvalue weighted by Crippen LogP contribution is -2.40. The van der Waals surface area contributed by atoms with E-state index in [1.165, 1.54) is 6.92 Å². The Bertz CT molecular complexity index is 260. The Balaban J connectivity index is 2.24. The van der Waals surface area contributed by atoms with Crippen molar-refractivity contribution in [1.82, 2.24) is 10.2 Å². The second kappa shape index (κ2) is 5.84. The zero-order valence-corrected chi connectivity index (χ0v) is 9.90. The topological polar surface area (TPSA) is 69.6 Å². The van der Waals surface area contributed by atoms with Crippen LogP contribution in [0.1, 0.15) is 19.8 Å². The quantitative estimate of drug-likeness (QED) is 0.673. The number of hydrogen-bond donors (Lipinski definition) is 2. The van der Waals surface area contributed by atoms with Gasteiger partial charge in [-0.15, -0.1) is 0 Å². The Morgan fingerprint density at radius 1 is 1.44 bits per heavy atom. The molecule has 1 rings (SSSR count). The van der Waals surface area contributed by atoms with E-state index in [-0.39, 0.29) is 5.91 Å². The van der Waals surface area contributed by atoms with Crippen LogP contribution >= 0.6 is 0 Å². The van der Waals surface area contributed by atoms with Gasteiger partial charge in [-0.2, -0.15) is 0 Å². The summed E-state index contributed by atoms with van der Waals surface area (Å²) in [5.74, 6) is -1.92. The monoisotopic (exact) mass is 228 g/mol. The Kier molecular flexibility index (Phi) is 4.73. The second-order valence-corrected chi connectivity index (χ2v) is 4.55. The summed E-state index contributed by atoms with van der Waals surface area (Å²) in [6.07, 6.45) is 2.14. The average molecular weight is 228 g/mol. The van der Waals surface area contributed by atoms with Gasteiger partial charge in [-0.25, -0.2) is 0 Å². The molecule has 1 saturated heterocycles. The number of carbonyl (C=O) groups is 2. The third-order valence-electron chi connectivity index (χ3n) is 3.17. The van der Waals surface area contributed by atoms with E-state index in [1.54, 1.807) is 0 Å². The minimum atomic E-state index is -1.07. The first-order valence-corrected chi connectivity index (χ1v) is 5.69. The molecule has 0 aromatic heterocycles. The number of piperidine rings is 1. The first kappa shape index (κ1) is 13.0. The molecule has 0 saturated carbocycles. The molecule has 1 heterocycles. The van der Waals surface area contributed by atoms with E-state index in [0.717, 1.165) is 25.9 Å². The van der Waals surface area contributed by atoms with E-state index in [9.17, 15) is 9.59 Å². The molecular formula is C11H20N2O3. The molecule has 5 nitrogen and oxygen atoms in total. The fourth-order valence-electron chi connectivity index (χ4n) is 1.78. The van der Waals surface area contributed by atoms with Crippen LogP contribution in [0, 0.1) is 11.8 Å². The van der Waals surface area contributed by atoms with Crippen LogP contribution in [0.5, 0.6) is 0 Å². The zero-order chi connectivity index (χ0) is 12.1. The first-order valence-electron chi connectivity index (χ1n) is 5.69. The second-order valence-electron chi connectivity index (χ2n) is 4.55. The fraction of sp³-hybridized carbons (Fsp3) is 0.818. The van der Waals surface area contributed by atoms with Gasteiger partial charge in [0.25, 0.3) is 0 Å². The van der Waals surface area contributed by atoms with E-state index in [2.05, 4.69) is 17.3 Å². The molecule has 2 N–H and O–H groups in total. The van der Waals surface area contributed by atoms with Crippen molar-refractivity contribution in [3.05, 3.63) is 0 Å². The van der Waals surface area contributed by atoms with E-state index in [4.69, 9.17) is 5.11 Å². The van der Waals surface area contributed by atoms with E-state index in [0.29, 0.717) is 12.5 Å². The number of nitrogens with one attached hydrogen (secondary N) is 1. The number of rotatable bonds is 4. The molecule has 1 atom stereocenters. The minimum absolute atomic E-state index is 0.383. The van der Waals surface area contributed by atoms with E-state index in [1.807, 2.05) is 0 Å². The molecule has 16 heavy (non-hydrogen) atoms. The molecule has 5 heteroatoms. The molecule has 1 fully saturated rings. The number of likely N-dealkylation sites (tertiary alicyclic amines) is 1. The molecule has 0 aliphatic carbocycles. The van der Waals surface area contributed by atoms with Crippen molar-refractivity contribution in [2.24, 2.45) is 11.8 Å². The summed E-state index contributed by atoms with van der Waals surface area (Å²) < 4.78 is 0. The highest BCUT2D eigenvalue weighted by Gasteiger charge is 2.22. The number of carbonyl (C=O) groups excluding carboxylic acids is 1. The highest BCUT2D eigenvalue weighted by atomic mass is 16.4. The lowest BCUT2D eigenvalue weighted by atomic mass is 9.97. The van der Waals surface area contributed by atoms with Crippen molar-refractivity contribution in [2.45, 2.75) is 19.8 Å². The highest BCUT2D eigenvalue weighted by Crippen LogP contribution is 2.14. The minimum Gasteiger partial charge on any atom is -0.481 e. The molecule has 0 aromatic carbocycles. The normalized spacial score (nSPS) is 20.4. The number of nitrogens with zero attached hydrogens (tertiary/aromatic N) is 1. The molecule has 1 aliphatic heterocycles. The Labute approximate surface area is 95.8 Å². The van der Waals surface area contributed by atoms with Crippen molar-refractivity contribution >= 4 is 11.9 Å². The summed E-state index contributed by atoms with van der Waals surface area (Å²) in [5, 5.41) is 11.4. The summed E-state index contributed by atoms with van der Waals surface area (Å²) >= 11 is 0. The third kappa shape index (κ3) is 3.81. The Morgan fingerprint density at radius 2 is 2.00 bits per heavy atom. The van der Waals surface area contributed by atoms with Crippen LogP contribution in [0.15, 0.2) is 0 Å². The van der Waals surface area contributed by atoms with Crippen molar-refractivity contribution in [3.63, 3.8) is 0 Å². The number of carboxylic acids is 1. The van der Waals surface area contributed by atoms with E-state index >= 15 is 0 Å². The van der Waals surface area contributed by atoms with Crippen molar-refractivity contribution in [2.75, 3.05) is 26.7 Å². The van der Waals surface area contributed by atoms with Gasteiger partial charge in [-0.05, 0) is 45.8 Å². The Morgan fingerprint density at radius 3 is 2.50 bits per heavy atom. The largest absolute Gasteiger partial charge is 0.481 e. The summed E-state index contributed by atoms with van der Waals surface area (Å²) in [4.78, 5) is 24.2. The summed E-state index contributed by atoms with van der Waals surface area (Å²) in [6.45, 7) is 4.11. The molecular weight excluding hydrogens is 208 g/mol. The van der Waals surface area contributed by atoms with E-state index < -0.39 is 11.9 Å². The molecule has 0 aromatic rings. The van der Waals surface area contributed by atoms with Crippen LogP contribution < -0.4 is 5.32 Å². The van der Waals surface area contributed by atoms with Crippen LogP contribution in [0.25, 0.3) is 0 Å². The molecule has 1 aliphatic rings. The predicted molar refractivity (Wildman–Crippen MR) is 60.0 cm³/mol. The summed E-state index contributed by atoms with van der Waals surface area (Å²) in [7, 11) is 2.08. The third-order valence-corrected chi connectivity index (χ3v) is 3.17. The van der Waals surface area contributed by atoms with Crippen molar-refractivity contribution < 1.29 is 14.7 Å². The number of amides is 1. The lowest BCUT2D eigenvalue weighted by Gasteiger charge is -2.29. The molecule has 0 radical (unpaired) electrons. The van der Waals surface area contributed by atoms with Gasteiger partial charge < -0.3 is 15.3 Å². The van der Waals surface area contributed by atoms with Crippen LogP contribution in [0.4, 0.5) is 0 Å². The maximum Gasteiger partial charge on any atom is 0.315 e. The zero-order valence-electron chi connectivity index (χ0n) is 9.90. The first-order chi connectivity index (χ1) is 7.50. The van der Waals surface area contributed by atoms with Crippen LogP contribution in [-0.2, 0) is 9.59 Å². The van der Waals surface area contributed by atoms with Gasteiger partial charge >= 0.3 is 5.97 Å². The van der Waals surface area contributed by atoms with Gasteiger partial charge in [0.15, 0.2) is 0 Å². The maximum atomic E-state index is 11.4. The average Bonchev–Trinajstić information content (AvgIpc) is 2.26. The number of carboxylic acid groups (broad SMARTS) is 1. The molecule has 1 amide bonds. The fourth-order valence-corrected chi connectivity index (χ4v) is 1.78. The van der Waals surface area contributed by atoms with Crippen molar-refractivity contribution in [3.8, 4) is 0 Å². The highest BCUT2D eigenvalue weighted by molar-refractivity contribution is 5.96. The van der Waals surface area contributed by atoms with Gasteiger partial charge in [0.2, 0.25) is 5.91 Å². The van der Waals surface area contributed by atoms with Crippen molar-refractivity contribution in [1.29, 1.82) is 0 Å². The molecule has 0 bridgehead atoms. The lowest BCUT2D eigenvalue weighted by molar-refractivity contribution is -0.146. The van der Waals surface area contributed by atoms with Gasteiger partial charge in [0, 0.05) is 6.54 Å². The van der Waals surface area contributed by atoms with Crippen LogP contribution in [0.2, 0.25) is 0 Å². The summed E-state index contributed by atoms with van der Waals surface area (Å²) in [5.41, 5.74) is 0. The van der Waals surface area contributed by atoms with Crippen LogP contribution in [0.3, 0.4) is 0 Å².